The minimum Gasteiger partial charge on any atom is -0.322 e. The Balaban J connectivity index is 1.84. The molecular formula is C14H25N5O. The van der Waals surface area contributed by atoms with Crippen LogP contribution in [-0.2, 0) is 11.3 Å². The second-order valence-corrected chi connectivity index (χ2v) is 5.48. The molecule has 0 atom stereocenters. The lowest BCUT2D eigenvalue weighted by Crippen LogP contribution is -2.56. The molecule has 0 radical (unpaired) electrons. The first-order valence-electron chi connectivity index (χ1n) is 7.42. The van der Waals surface area contributed by atoms with Crippen molar-refractivity contribution in [1.29, 1.82) is 0 Å². The Morgan fingerprint density at radius 3 is 2.75 bits per heavy atom. The standard InChI is InChI=1S/C14H25N5O/c1-3-18(4-2)8-9-19-11-12(10-16-19)17-13(20)14(15)6-5-7-14/h10-11H,3-9,15H2,1-2H3,(H,17,20). The molecule has 0 spiro atoms. The largest absolute Gasteiger partial charge is 0.322 e. The van der Waals surface area contributed by atoms with Crippen LogP contribution in [0.4, 0.5) is 5.69 Å². The van der Waals surface area contributed by atoms with Crippen LogP contribution in [0.1, 0.15) is 33.1 Å². The van der Waals surface area contributed by atoms with Crippen LogP contribution >= 0.6 is 0 Å². The predicted molar refractivity (Wildman–Crippen MR) is 79.4 cm³/mol. The highest BCUT2D eigenvalue weighted by Gasteiger charge is 2.40. The van der Waals surface area contributed by atoms with E-state index in [9.17, 15) is 4.79 Å². The average Bonchev–Trinajstić information content (AvgIpc) is 2.84. The first-order chi connectivity index (χ1) is 9.57. The van der Waals surface area contributed by atoms with Crippen molar-refractivity contribution in [1.82, 2.24) is 14.7 Å². The zero-order chi connectivity index (χ0) is 14.6. The van der Waals surface area contributed by atoms with Gasteiger partial charge in [0, 0.05) is 12.7 Å². The molecule has 0 unspecified atom stereocenters. The number of hydrogen-bond donors (Lipinski definition) is 2. The maximum Gasteiger partial charge on any atom is 0.244 e. The van der Waals surface area contributed by atoms with Gasteiger partial charge in [0.25, 0.3) is 0 Å². The molecule has 20 heavy (non-hydrogen) atoms. The highest BCUT2D eigenvalue weighted by atomic mass is 16.2. The van der Waals surface area contributed by atoms with Crippen LogP contribution in [0.25, 0.3) is 0 Å². The number of aromatic nitrogens is 2. The monoisotopic (exact) mass is 279 g/mol. The number of anilines is 1. The van der Waals surface area contributed by atoms with Gasteiger partial charge in [0.15, 0.2) is 0 Å². The van der Waals surface area contributed by atoms with Crippen LogP contribution in [0.15, 0.2) is 12.4 Å². The molecule has 0 aromatic carbocycles. The van der Waals surface area contributed by atoms with Crippen LogP contribution in [0.5, 0.6) is 0 Å². The van der Waals surface area contributed by atoms with Crippen LogP contribution in [0, 0.1) is 0 Å². The molecule has 0 bridgehead atoms. The van der Waals surface area contributed by atoms with Gasteiger partial charge in [0.2, 0.25) is 5.91 Å². The van der Waals surface area contributed by atoms with E-state index in [4.69, 9.17) is 5.73 Å². The van der Waals surface area contributed by atoms with Crippen molar-refractivity contribution >= 4 is 11.6 Å². The van der Waals surface area contributed by atoms with E-state index in [0.29, 0.717) is 0 Å². The minimum absolute atomic E-state index is 0.0907. The second kappa shape index (κ2) is 6.37. The van der Waals surface area contributed by atoms with E-state index < -0.39 is 5.54 Å². The molecule has 0 aliphatic heterocycles. The summed E-state index contributed by atoms with van der Waals surface area (Å²) in [6.45, 7) is 8.16. The summed E-state index contributed by atoms with van der Waals surface area (Å²) in [6, 6.07) is 0. The molecule has 0 saturated heterocycles. The van der Waals surface area contributed by atoms with E-state index in [1.165, 1.54) is 0 Å². The zero-order valence-electron chi connectivity index (χ0n) is 12.4. The van der Waals surface area contributed by atoms with Crippen molar-refractivity contribution in [3.05, 3.63) is 12.4 Å². The van der Waals surface area contributed by atoms with Gasteiger partial charge in [-0.15, -0.1) is 0 Å². The number of carbonyl (C=O) groups excluding carboxylic acids is 1. The van der Waals surface area contributed by atoms with Gasteiger partial charge in [-0.3, -0.25) is 9.48 Å². The van der Waals surface area contributed by atoms with E-state index in [1.54, 1.807) is 6.20 Å². The molecule has 1 aliphatic carbocycles. The zero-order valence-corrected chi connectivity index (χ0v) is 12.4. The molecule has 1 saturated carbocycles. The quantitative estimate of drug-likeness (QED) is 0.782. The second-order valence-electron chi connectivity index (χ2n) is 5.48. The van der Waals surface area contributed by atoms with Crippen molar-refractivity contribution in [3.63, 3.8) is 0 Å². The summed E-state index contributed by atoms with van der Waals surface area (Å²) >= 11 is 0. The highest BCUT2D eigenvalue weighted by Crippen LogP contribution is 2.30. The van der Waals surface area contributed by atoms with Gasteiger partial charge >= 0.3 is 0 Å². The molecule has 2 rings (SSSR count). The summed E-state index contributed by atoms with van der Waals surface area (Å²) in [6.07, 6.45) is 6.13. The van der Waals surface area contributed by atoms with E-state index in [0.717, 1.165) is 51.1 Å². The molecular weight excluding hydrogens is 254 g/mol. The molecule has 1 fully saturated rings. The third kappa shape index (κ3) is 3.37. The third-order valence-electron chi connectivity index (χ3n) is 4.13. The minimum atomic E-state index is -0.663. The van der Waals surface area contributed by atoms with Crippen molar-refractivity contribution in [3.8, 4) is 0 Å². The van der Waals surface area contributed by atoms with Gasteiger partial charge in [0.1, 0.15) is 0 Å². The fourth-order valence-corrected chi connectivity index (χ4v) is 2.37. The molecule has 6 heteroatoms. The van der Waals surface area contributed by atoms with Gasteiger partial charge in [-0.25, -0.2) is 0 Å². The number of rotatable bonds is 7. The Bertz CT molecular complexity index is 448. The first kappa shape index (κ1) is 15.0. The summed E-state index contributed by atoms with van der Waals surface area (Å²) in [4.78, 5) is 14.3. The summed E-state index contributed by atoms with van der Waals surface area (Å²) in [7, 11) is 0. The Hall–Kier alpha value is -1.40. The summed E-state index contributed by atoms with van der Waals surface area (Å²) in [5.74, 6) is -0.0907. The predicted octanol–water partition coefficient (Wildman–Crippen LogP) is 1.04. The molecule has 1 aliphatic rings. The Kier molecular flexibility index (Phi) is 4.77. The van der Waals surface area contributed by atoms with Crippen molar-refractivity contribution in [2.45, 2.75) is 45.2 Å². The lowest BCUT2D eigenvalue weighted by atomic mass is 9.77. The number of nitrogens with two attached hydrogens (primary N) is 1. The summed E-state index contributed by atoms with van der Waals surface area (Å²) in [5.41, 5.74) is 6.05. The van der Waals surface area contributed by atoms with Gasteiger partial charge in [-0.05, 0) is 32.4 Å². The lowest BCUT2D eigenvalue weighted by molar-refractivity contribution is -0.123. The third-order valence-corrected chi connectivity index (χ3v) is 4.13. The van der Waals surface area contributed by atoms with Crippen LogP contribution < -0.4 is 11.1 Å². The van der Waals surface area contributed by atoms with E-state index >= 15 is 0 Å². The Labute approximate surface area is 120 Å². The summed E-state index contributed by atoms with van der Waals surface area (Å²) in [5, 5.41) is 7.13. The molecule has 3 N–H and O–H groups in total. The van der Waals surface area contributed by atoms with Crippen molar-refractivity contribution in [2.24, 2.45) is 5.73 Å². The molecule has 1 aromatic rings. The smallest absolute Gasteiger partial charge is 0.244 e. The van der Waals surface area contributed by atoms with Gasteiger partial charge in [0.05, 0.1) is 24.0 Å². The number of carbonyl (C=O) groups is 1. The maximum absolute atomic E-state index is 12.0. The SMILES string of the molecule is CCN(CC)CCn1cc(NC(=O)C2(N)CCC2)cn1. The van der Waals surface area contributed by atoms with Gasteiger partial charge in [-0.2, -0.15) is 5.10 Å². The van der Waals surface area contributed by atoms with E-state index in [1.807, 2.05) is 10.9 Å². The molecule has 1 aromatic heterocycles. The fourth-order valence-electron chi connectivity index (χ4n) is 2.37. The van der Waals surface area contributed by atoms with Gasteiger partial charge in [-0.1, -0.05) is 13.8 Å². The van der Waals surface area contributed by atoms with Crippen LogP contribution in [0.2, 0.25) is 0 Å². The highest BCUT2D eigenvalue weighted by molar-refractivity contribution is 5.98. The molecule has 1 heterocycles. The number of hydrogen-bond acceptors (Lipinski definition) is 4. The van der Waals surface area contributed by atoms with E-state index in [-0.39, 0.29) is 5.91 Å². The molecule has 6 nitrogen and oxygen atoms in total. The topological polar surface area (TPSA) is 76.2 Å². The number of nitrogens with zero attached hydrogens (tertiary/aromatic N) is 3. The normalized spacial score (nSPS) is 17.0. The fraction of sp³-hybridized carbons (Fsp3) is 0.714. The number of nitrogens with one attached hydrogen (secondary N) is 1. The Morgan fingerprint density at radius 2 is 2.20 bits per heavy atom. The van der Waals surface area contributed by atoms with E-state index in [2.05, 4.69) is 29.2 Å². The average molecular weight is 279 g/mol. The maximum atomic E-state index is 12.0. The first-order valence-corrected chi connectivity index (χ1v) is 7.42. The summed E-state index contributed by atoms with van der Waals surface area (Å²) < 4.78 is 1.86. The molecule has 112 valence electrons. The van der Waals surface area contributed by atoms with Crippen molar-refractivity contribution < 1.29 is 4.79 Å². The number of amides is 1. The lowest BCUT2D eigenvalue weighted by Gasteiger charge is -2.35. The van der Waals surface area contributed by atoms with Crippen LogP contribution in [0.3, 0.4) is 0 Å². The van der Waals surface area contributed by atoms with Crippen molar-refractivity contribution in [2.75, 3.05) is 25.0 Å². The number of likely N-dealkylation sites (N-methyl/N-ethyl adjacent to an activating group) is 1. The Morgan fingerprint density at radius 1 is 1.50 bits per heavy atom. The van der Waals surface area contributed by atoms with Gasteiger partial charge < -0.3 is 16.0 Å². The molecule has 1 amide bonds. The van der Waals surface area contributed by atoms with Crippen LogP contribution in [-0.4, -0.2) is 45.8 Å².